The zero-order valence-electron chi connectivity index (χ0n) is 15.8. The lowest BCUT2D eigenvalue weighted by molar-refractivity contribution is 0.102. The summed E-state index contributed by atoms with van der Waals surface area (Å²) in [6.07, 6.45) is 1.58. The summed E-state index contributed by atoms with van der Waals surface area (Å²) >= 11 is 0. The molecule has 0 aliphatic carbocycles. The van der Waals surface area contributed by atoms with Crippen LogP contribution in [-0.2, 0) is 6.61 Å². The van der Waals surface area contributed by atoms with E-state index in [1.165, 1.54) is 0 Å². The predicted octanol–water partition coefficient (Wildman–Crippen LogP) is 5.58. The van der Waals surface area contributed by atoms with Gasteiger partial charge in [-0.2, -0.15) is 0 Å². The highest BCUT2D eigenvalue weighted by molar-refractivity contribution is 6.06. The van der Waals surface area contributed by atoms with E-state index in [-0.39, 0.29) is 5.91 Å². The van der Waals surface area contributed by atoms with Crippen LogP contribution in [-0.4, -0.2) is 10.9 Å². The lowest BCUT2D eigenvalue weighted by atomic mass is 10.0. The van der Waals surface area contributed by atoms with Crippen LogP contribution in [0.2, 0.25) is 0 Å². The molecule has 0 saturated heterocycles. The number of nitrogens with zero attached hydrogens (tertiary/aromatic N) is 1. The van der Waals surface area contributed by atoms with Crippen molar-refractivity contribution in [2.24, 2.45) is 0 Å². The Bertz CT molecular complexity index is 1100. The number of aromatic nitrogens is 1. The molecule has 3 aromatic carbocycles. The predicted molar refractivity (Wildman–Crippen MR) is 115 cm³/mol. The van der Waals surface area contributed by atoms with Crippen LogP contribution in [0.25, 0.3) is 11.1 Å². The summed E-state index contributed by atoms with van der Waals surface area (Å²) in [6, 6.07) is 30.9. The summed E-state index contributed by atoms with van der Waals surface area (Å²) in [5.41, 5.74) is 4.31. The first kappa shape index (κ1) is 18.4. The molecule has 0 saturated carbocycles. The molecule has 0 spiro atoms. The number of hydrogen-bond acceptors (Lipinski definition) is 3. The number of nitrogens with one attached hydrogen (secondary N) is 1. The van der Waals surface area contributed by atoms with Crippen LogP contribution in [0.5, 0.6) is 5.88 Å². The molecule has 1 N–H and O–H groups in total. The van der Waals surface area contributed by atoms with Gasteiger partial charge in [-0.15, -0.1) is 0 Å². The van der Waals surface area contributed by atoms with E-state index in [0.29, 0.717) is 18.1 Å². The Morgan fingerprint density at radius 2 is 1.52 bits per heavy atom. The Kier molecular flexibility index (Phi) is 5.63. The third-order valence-corrected chi connectivity index (χ3v) is 4.49. The number of pyridine rings is 1. The minimum Gasteiger partial charge on any atom is -0.473 e. The average Bonchev–Trinajstić information content (AvgIpc) is 2.79. The van der Waals surface area contributed by atoms with Gasteiger partial charge in [0.15, 0.2) is 0 Å². The van der Waals surface area contributed by atoms with Crippen molar-refractivity contribution in [3.05, 3.63) is 114 Å². The molecule has 4 heteroatoms. The van der Waals surface area contributed by atoms with Gasteiger partial charge >= 0.3 is 0 Å². The highest BCUT2D eigenvalue weighted by atomic mass is 16.5. The Morgan fingerprint density at radius 1 is 0.828 bits per heavy atom. The molecule has 4 rings (SSSR count). The highest BCUT2D eigenvalue weighted by Gasteiger charge is 2.11. The maximum Gasteiger partial charge on any atom is 0.255 e. The van der Waals surface area contributed by atoms with Crippen molar-refractivity contribution in [1.82, 2.24) is 4.98 Å². The van der Waals surface area contributed by atoms with Gasteiger partial charge in [0.25, 0.3) is 5.91 Å². The van der Waals surface area contributed by atoms with E-state index < -0.39 is 0 Å². The monoisotopic (exact) mass is 380 g/mol. The number of rotatable bonds is 6. The number of para-hydroxylation sites is 1. The fraction of sp³-hybridized carbons (Fsp3) is 0.0400. The van der Waals surface area contributed by atoms with Crippen molar-refractivity contribution in [3.63, 3.8) is 0 Å². The second-order valence-corrected chi connectivity index (χ2v) is 6.52. The van der Waals surface area contributed by atoms with Crippen LogP contribution in [0, 0.1) is 0 Å². The van der Waals surface area contributed by atoms with Gasteiger partial charge in [-0.1, -0.05) is 78.9 Å². The maximum atomic E-state index is 12.8. The topological polar surface area (TPSA) is 51.2 Å². The van der Waals surface area contributed by atoms with Gasteiger partial charge in [-0.3, -0.25) is 4.79 Å². The summed E-state index contributed by atoms with van der Waals surface area (Å²) in [5, 5.41) is 3.00. The summed E-state index contributed by atoms with van der Waals surface area (Å²) in [7, 11) is 0. The Morgan fingerprint density at radius 3 is 2.31 bits per heavy atom. The third kappa shape index (κ3) is 4.68. The number of anilines is 1. The van der Waals surface area contributed by atoms with Crippen LogP contribution in [0.3, 0.4) is 0 Å². The van der Waals surface area contributed by atoms with Gasteiger partial charge < -0.3 is 10.1 Å². The molecule has 0 atom stereocenters. The van der Waals surface area contributed by atoms with Crippen LogP contribution in [0.4, 0.5) is 5.69 Å². The number of carbonyl (C=O) groups excluding carboxylic acids is 1. The Labute approximate surface area is 169 Å². The maximum absolute atomic E-state index is 12.8. The summed E-state index contributed by atoms with van der Waals surface area (Å²) < 4.78 is 5.74. The van der Waals surface area contributed by atoms with E-state index in [2.05, 4.69) is 10.3 Å². The van der Waals surface area contributed by atoms with Gasteiger partial charge in [-0.05, 0) is 23.3 Å². The van der Waals surface area contributed by atoms with Gasteiger partial charge in [0, 0.05) is 29.1 Å². The number of ether oxygens (including phenoxy) is 1. The van der Waals surface area contributed by atoms with Crippen molar-refractivity contribution < 1.29 is 9.53 Å². The third-order valence-electron chi connectivity index (χ3n) is 4.49. The van der Waals surface area contributed by atoms with Gasteiger partial charge in [0.05, 0.1) is 0 Å². The minimum absolute atomic E-state index is 0.208. The van der Waals surface area contributed by atoms with Crippen molar-refractivity contribution in [2.75, 3.05) is 5.32 Å². The summed E-state index contributed by atoms with van der Waals surface area (Å²) in [5.74, 6) is 0.207. The van der Waals surface area contributed by atoms with Crippen molar-refractivity contribution >= 4 is 11.6 Å². The molecule has 0 unspecified atom stereocenters. The molecule has 4 nitrogen and oxygen atoms in total. The van der Waals surface area contributed by atoms with Gasteiger partial charge in [0.1, 0.15) is 6.61 Å². The first-order valence-electron chi connectivity index (χ1n) is 9.38. The molecular weight excluding hydrogens is 360 g/mol. The van der Waals surface area contributed by atoms with Crippen LogP contribution in [0.15, 0.2) is 103 Å². The molecule has 0 fully saturated rings. The average molecular weight is 380 g/mol. The second kappa shape index (κ2) is 8.85. The number of amides is 1. The zero-order chi connectivity index (χ0) is 19.9. The normalized spacial score (nSPS) is 10.3. The SMILES string of the molecule is O=C(Nc1ccccc1-c1ccccc1)c1ccnc(OCc2ccccc2)c1. The lowest BCUT2D eigenvalue weighted by Gasteiger charge is -2.12. The molecule has 142 valence electrons. The number of carbonyl (C=O) groups is 1. The standard InChI is InChI=1S/C25H20N2O2/c28-25(27-23-14-8-7-13-22(23)20-11-5-2-6-12-20)21-15-16-26-24(17-21)29-18-19-9-3-1-4-10-19/h1-17H,18H2,(H,27,28). The van der Waals surface area contributed by atoms with E-state index in [1.54, 1.807) is 18.3 Å². The quantitative estimate of drug-likeness (QED) is 0.475. The minimum atomic E-state index is -0.208. The summed E-state index contributed by atoms with van der Waals surface area (Å²) in [6.45, 7) is 0.399. The molecule has 0 radical (unpaired) electrons. The molecule has 0 bridgehead atoms. The van der Waals surface area contributed by atoms with Crippen LogP contribution >= 0.6 is 0 Å². The molecule has 0 aliphatic heterocycles. The van der Waals surface area contributed by atoms with E-state index >= 15 is 0 Å². The van der Waals surface area contributed by atoms with Gasteiger partial charge in [-0.25, -0.2) is 4.98 Å². The van der Waals surface area contributed by atoms with Crippen molar-refractivity contribution in [1.29, 1.82) is 0 Å². The van der Waals surface area contributed by atoms with E-state index in [9.17, 15) is 4.79 Å². The van der Waals surface area contributed by atoms with E-state index in [0.717, 1.165) is 22.4 Å². The fourth-order valence-corrected chi connectivity index (χ4v) is 3.02. The first-order chi connectivity index (χ1) is 14.3. The van der Waals surface area contributed by atoms with E-state index in [4.69, 9.17) is 4.74 Å². The zero-order valence-corrected chi connectivity index (χ0v) is 15.8. The summed E-state index contributed by atoms with van der Waals surface area (Å²) in [4.78, 5) is 17.0. The second-order valence-electron chi connectivity index (χ2n) is 6.52. The largest absolute Gasteiger partial charge is 0.473 e. The molecule has 1 aromatic heterocycles. The van der Waals surface area contributed by atoms with Crippen LogP contribution in [0.1, 0.15) is 15.9 Å². The Hall–Kier alpha value is -3.92. The highest BCUT2D eigenvalue weighted by Crippen LogP contribution is 2.28. The lowest BCUT2D eigenvalue weighted by Crippen LogP contribution is -2.13. The first-order valence-corrected chi connectivity index (χ1v) is 9.38. The smallest absolute Gasteiger partial charge is 0.255 e. The van der Waals surface area contributed by atoms with Gasteiger partial charge in [0.2, 0.25) is 5.88 Å². The molecule has 0 aliphatic rings. The molecule has 4 aromatic rings. The molecule has 29 heavy (non-hydrogen) atoms. The molecular formula is C25H20N2O2. The number of benzene rings is 3. The molecule has 1 heterocycles. The van der Waals surface area contributed by atoms with Crippen molar-refractivity contribution in [3.8, 4) is 17.0 Å². The van der Waals surface area contributed by atoms with E-state index in [1.807, 2.05) is 84.9 Å². The fourth-order valence-electron chi connectivity index (χ4n) is 3.02. The van der Waals surface area contributed by atoms with Crippen molar-refractivity contribution in [2.45, 2.75) is 6.61 Å². The Balaban J connectivity index is 1.50. The van der Waals surface area contributed by atoms with Crippen LogP contribution < -0.4 is 10.1 Å². The number of hydrogen-bond donors (Lipinski definition) is 1. The molecule has 1 amide bonds.